The molecule has 1 aliphatic heterocycles. The topological polar surface area (TPSA) is 85.8 Å². The maximum Gasteiger partial charge on any atom is 0.239 e. The predicted octanol–water partition coefficient (Wildman–Crippen LogP) is 1.36. The van der Waals surface area contributed by atoms with Gasteiger partial charge in [0.15, 0.2) is 0 Å². The van der Waals surface area contributed by atoms with Gasteiger partial charge in [0.25, 0.3) is 0 Å². The van der Waals surface area contributed by atoms with E-state index >= 15 is 0 Å². The molecule has 2 unspecified atom stereocenters. The van der Waals surface area contributed by atoms with Crippen LogP contribution in [0.5, 0.6) is 0 Å². The van der Waals surface area contributed by atoms with Crippen molar-refractivity contribution in [2.75, 3.05) is 6.54 Å². The van der Waals surface area contributed by atoms with Gasteiger partial charge < -0.3 is 15.6 Å². The third-order valence-electron chi connectivity index (χ3n) is 4.54. The fourth-order valence-electron chi connectivity index (χ4n) is 3.20. The van der Waals surface area contributed by atoms with Crippen LogP contribution >= 0.6 is 0 Å². The summed E-state index contributed by atoms with van der Waals surface area (Å²) in [6, 6.07) is 5.24. The van der Waals surface area contributed by atoms with Crippen LogP contribution in [0.25, 0.3) is 0 Å². The molecule has 0 saturated carbocycles. The first-order valence-corrected chi connectivity index (χ1v) is 8.27. The molecule has 7 heteroatoms. The molecule has 0 radical (unpaired) electrons. The standard InChI is InChI=1S/C17H22FN5O/c1-2-14-21-22-15-8-3-11(10-23(14)15)9-20-16(17(19)24)12-4-6-13(18)7-5-12/h4-7,11,16,20H,2-3,8-10H2,1H3,(H2,19,24). The molecule has 128 valence electrons. The molecule has 1 aromatic heterocycles. The molecule has 3 N–H and O–H groups in total. The highest BCUT2D eigenvalue weighted by molar-refractivity contribution is 5.81. The highest BCUT2D eigenvalue weighted by Crippen LogP contribution is 2.21. The Hall–Kier alpha value is -2.28. The van der Waals surface area contributed by atoms with Gasteiger partial charge in [-0.05, 0) is 30.0 Å². The molecule has 2 atom stereocenters. The molecule has 1 aromatic carbocycles. The quantitative estimate of drug-likeness (QED) is 0.837. The van der Waals surface area contributed by atoms with E-state index in [0.717, 1.165) is 37.5 Å². The van der Waals surface area contributed by atoms with Crippen molar-refractivity contribution in [1.29, 1.82) is 0 Å². The van der Waals surface area contributed by atoms with E-state index in [9.17, 15) is 9.18 Å². The zero-order valence-electron chi connectivity index (χ0n) is 13.7. The molecule has 24 heavy (non-hydrogen) atoms. The van der Waals surface area contributed by atoms with Crippen LogP contribution < -0.4 is 11.1 Å². The number of fused-ring (bicyclic) bond motifs is 1. The smallest absolute Gasteiger partial charge is 0.239 e. The average Bonchev–Trinajstić information content (AvgIpc) is 2.98. The van der Waals surface area contributed by atoms with Gasteiger partial charge in [-0.15, -0.1) is 10.2 Å². The highest BCUT2D eigenvalue weighted by Gasteiger charge is 2.24. The average molecular weight is 331 g/mol. The summed E-state index contributed by atoms with van der Waals surface area (Å²) in [5.41, 5.74) is 6.19. The lowest BCUT2D eigenvalue weighted by atomic mass is 9.98. The van der Waals surface area contributed by atoms with Gasteiger partial charge in [-0.3, -0.25) is 4.79 Å². The van der Waals surface area contributed by atoms with E-state index in [0.29, 0.717) is 18.0 Å². The first kappa shape index (κ1) is 16.6. The Kier molecular flexibility index (Phi) is 4.89. The van der Waals surface area contributed by atoms with Gasteiger partial charge in [-0.25, -0.2) is 4.39 Å². The van der Waals surface area contributed by atoms with E-state index in [1.165, 1.54) is 12.1 Å². The Bertz CT molecular complexity index is 699. The Morgan fingerprint density at radius 2 is 2.17 bits per heavy atom. The number of carbonyl (C=O) groups excluding carboxylic acids is 1. The van der Waals surface area contributed by atoms with Gasteiger partial charge in [0.1, 0.15) is 23.5 Å². The van der Waals surface area contributed by atoms with Crippen LogP contribution in [-0.2, 0) is 24.2 Å². The monoisotopic (exact) mass is 331 g/mol. The Labute approximate surface area is 140 Å². The van der Waals surface area contributed by atoms with Crippen LogP contribution in [0.2, 0.25) is 0 Å². The summed E-state index contributed by atoms with van der Waals surface area (Å²) in [7, 11) is 0. The number of nitrogens with one attached hydrogen (secondary N) is 1. The molecular weight excluding hydrogens is 309 g/mol. The summed E-state index contributed by atoms with van der Waals surface area (Å²) in [4.78, 5) is 11.8. The number of benzene rings is 1. The second-order valence-electron chi connectivity index (χ2n) is 6.20. The number of rotatable bonds is 6. The lowest BCUT2D eigenvalue weighted by molar-refractivity contribution is -0.120. The van der Waals surface area contributed by atoms with E-state index in [1.54, 1.807) is 12.1 Å². The summed E-state index contributed by atoms with van der Waals surface area (Å²) >= 11 is 0. The summed E-state index contributed by atoms with van der Waals surface area (Å²) < 4.78 is 15.2. The van der Waals surface area contributed by atoms with E-state index in [4.69, 9.17) is 5.73 Å². The van der Waals surface area contributed by atoms with E-state index in [1.807, 2.05) is 0 Å². The van der Waals surface area contributed by atoms with Crippen molar-refractivity contribution in [3.8, 4) is 0 Å². The lowest BCUT2D eigenvalue weighted by Gasteiger charge is -2.26. The summed E-state index contributed by atoms with van der Waals surface area (Å²) in [5.74, 6) is 1.62. The second kappa shape index (κ2) is 7.09. The second-order valence-corrected chi connectivity index (χ2v) is 6.20. The third kappa shape index (κ3) is 3.46. The maximum atomic E-state index is 13.1. The number of aromatic nitrogens is 3. The number of nitrogens with zero attached hydrogens (tertiary/aromatic N) is 3. The highest BCUT2D eigenvalue weighted by atomic mass is 19.1. The number of halogens is 1. The summed E-state index contributed by atoms with van der Waals surface area (Å²) in [6.07, 6.45) is 2.73. The first-order chi connectivity index (χ1) is 11.6. The van der Waals surface area contributed by atoms with Crippen LogP contribution in [0.3, 0.4) is 0 Å². The molecular formula is C17H22FN5O. The summed E-state index contributed by atoms with van der Waals surface area (Å²) in [5, 5.41) is 11.7. The Balaban J connectivity index is 1.65. The molecule has 2 heterocycles. The molecule has 0 spiro atoms. The number of aryl methyl sites for hydroxylation is 2. The SMILES string of the molecule is CCc1nnc2n1CC(CNC(C(N)=O)c1ccc(F)cc1)CC2. The van der Waals surface area contributed by atoms with Crippen LogP contribution in [-0.4, -0.2) is 27.2 Å². The number of hydrogen-bond donors (Lipinski definition) is 2. The number of amides is 1. The predicted molar refractivity (Wildman–Crippen MR) is 87.5 cm³/mol. The fraction of sp³-hybridized carbons (Fsp3) is 0.471. The van der Waals surface area contributed by atoms with Gasteiger partial charge >= 0.3 is 0 Å². The molecule has 6 nitrogen and oxygen atoms in total. The van der Waals surface area contributed by atoms with Crippen molar-refractivity contribution in [1.82, 2.24) is 20.1 Å². The van der Waals surface area contributed by atoms with E-state index in [-0.39, 0.29) is 5.82 Å². The molecule has 3 rings (SSSR count). The van der Waals surface area contributed by atoms with Gasteiger partial charge in [0, 0.05) is 25.9 Å². The minimum atomic E-state index is -0.612. The number of nitrogens with two attached hydrogens (primary N) is 1. The minimum absolute atomic E-state index is 0.332. The van der Waals surface area contributed by atoms with Gasteiger partial charge in [0.2, 0.25) is 5.91 Å². The normalized spacial score (nSPS) is 18.2. The van der Waals surface area contributed by atoms with Crippen LogP contribution in [0, 0.1) is 11.7 Å². The molecule has 1 amide bonds. The number of carbonyl (C=O) groups is 1. The third-order valence-corrected chi connectivity index (χ3v) is 4.54. The molecule has 0 aliphatic carbocycles. The molecule has 0 saturated heterocycles. The van der Waals surface area contributed by atoms with E-state index in [2.05, 4.69) is 27.0 Å². The fourth-order valence-corrected chi connectivity index (χ4v) is 3.20. The zero-order chi connectivity index (χ0) is 17.1. The Morgan fingerprint density at radius 1 is 1.42 bits per heavy atom. The van der Waals surface area contributed by atoms with Crippen LogP contribution in [0.15, 0.2) is 24.3 Å². The van der Waals surface area contributed by atoms with Crippen molar-refractivity contribution < 1.29 is 9.18 Å². The molecule has 0 bridgehead atoms. The van der Waals surface area contributed by atoms with Crippen molar-refractivity contribution in [2.45, 2.75) is 38.8 Å². The first-order valence-electron chi connectivity index (χ1n) is 8.27. The molecule has 1 aliphatic rings. The zero-order valence-corrected chi connectivity index (χ0v) is 13.7. The molecule has 0 fully saturated rings. The van der Waals surface area contributed by atoms with Crippen molar-refractivity contribution in [3.63, 3.8) is 0 Å². The van der Waals surface area contributed by atoms with Crippen molar-refractivity contribution in [2.24, 2.45) is 11.7 Å². The maximum absolute atomic E-state index is 13.1. The van der Waals surface area contributed by atoms with Crippen LogP contribution in [0.1, 0.15) is 36.6 Å². The van der Waals surface area contributed by atoms with Crippen molar-refractivity contribution >= 4 is 5.91 Å². The molecule has 2 aromatic rings. The van der Waals surface area contributed by atoms with Gasteiger partial charge in [-0.1, -0.05) is 19.1 Å². The largest absolute Gasteiger partial charge is 0.368 e. The minimum Gasteiger partial charge on any atom is -0.368 e. The Morgan fingerprint density at radius 3 is 2.83 bits per heavy atom. The van der Waals surface area contributed by atoms with Crippen LogP contribution in [0.4, 0.5) is 4.39 Å². The number of hydrogen-bond acceptors (Lipinski definition) is 4. The lowest BCUT2D eigenvalue weighted by Crippen LogP contribution is -2.38. The van der Waals surface area contributed by atoms with Gasteiger partial charge in [0.05, 0.1) is 0 Å². The number of primary amides is 1. The van der Waals surface area contributed by atoms with Crippen molar-refractivity contribution in [3.05, 3.63) is 47.3 Å². The summed E-state index contributed by atoms with van der Waals surface area (Å²) in [6.45, 7) is 3.57. The van der Waals surface area contributed by atoms with Gasteiger partial charge in [-0.2, -0.15) is 0 Å². The van der Waals surface area contributed by atoms with E-state index < -0.39 is 11.9 Å².